The number of ether oxygens (including phenoxy) is 1. The summed E-state index contributed by atoms with van der Waals surface area (Å²) in [5.41, 5.74) is 2.25. The van der Waals surface area contributed by atoms with E-state index in [-0.39, 0.29) is 5.54 Å². The molecule has 0 saturated carbocycles. The van der Waals surface area contributed by atoms with Gasteiger partial charge in [0, 0.05) is 38.3 Å². The van der Waals surface area contributed by atoms with Gasteiger partial charge >= 0.3 is 12.3 Å². The van der Waals surface area contributed by atoms with Crippen molar-refractivity contribution in [1.82, 2.24) is 9.80 Å². The Morgan fingerprint density at radius 1 is 1.09 bits per heavy atom. The second-order valence-electron chi connectivity index (χ2n) is 9.28. The van der Waals surface area contributed by atoms with Crippen LogP contribution in [0.1, 0.15) is 51.0 Å². The lowest BCUT2D eigenvalue weighted by Gasteiger charge is -2.45. The molecule has 0 N–H and O–H groups in total. The Morgan fingerprint density at radius 3 is 2.41 bits per heavy atom. The third-order valence-electron chi connectivity index (χ3n) is 7.26. The van der Waals surface area contributed by atoms with E-state index in [1.165, 1.54) is 23.3 Å². The van der Waals surface area contributed by atoms with Crippen molar-refractivity contribution in [1.29, 1.82) is 0 Å². The molecule has 1 unspecified atom stereocenters. The van der Waals surface area contributed by atoms with E-state index in [1.807, 2.05) is 0 Å². The number of hydrogen-bond acceptors (Lipinski definition) is 4. The Bertz CT molecular complexity index is 821. The van der Waals surface area contributed by atoms with Crippen LogP contribution in [0.3, 0.4) is 0 Å². The smallest absolute Gasteiger partial charge is 0.425 e. The highest BCUT2D eigenvalue weighted by atomic mass is 35.5. The lowest BCUT2D eigenvalue weighted by molar-refractivity contribution is -0.200. The van der Waals surface area contributed by atoms with Crippen LogP contribution in [0.15, 0.2) is 18.2 Å². The molecule has 4 rings (SSSR count). The second-order valence-corrected chi connectivity index (χ2v) is 9.69. The number of likely N-dealkylation sites (tertiary alicyclic amines) is 2. The van der Waals surface area contributed by atoms with Gasteiger partial charge < -0.3 is 14.5 Å². The third kappa shape index (κ3) is 4.96. The van der Waals surface area contributed by atoms with Crippen LogP contribution in [-0.4, -0.2) is 66.4 Å². The summed E-state index contributed by atoms with van der Waals surface area (Å²) in [4.78, 5) is 18.4. The summed E-state index contributed by atoms with van der Waals surface area (Å²) in [6, 6.07) is 6.33. The topological polar surface area (TPSA) is 36.0 Å². The molecule has 1 aromatic carbocycles. The summed E-state index contributed by atoms with van der Waals surface area (Å²) in [6.07, 6.45) is -1.52. The first-order valence-electron chi connectivity index (χ1n) is 11.5. The van der Waals surface area contributed by atoms with Crippen molar-refractivity contribution in [2.24, 2.45) is 0 Å². The molecule has 3 fully saturated rings. The molecule has 0 aromatic heterocycles. The second kappa shape index (κ2) is 9.29. The van der Waals surface area contributed by atoms with E-state index in [1.54, 1.807) is 0 Å². The molecule has 3 saturated heterocycles. The largest absolute Gasteiger partial charge is 0.437 e. The van der Waals surface area contributed by atoms with Crippen LogP contribution < -0.4 is 4.90 Å². The van der Waals surface area contributed by atoms with Crippen molar-refractivity contribution in [3.05, 3.63) is 28.8 Å². The Balaban J connectivity index is 1.36. The number of piperidine rings is 1. The van der Waals surface area contributed by atoms with Crippen molar-refractivity contribution in [2.75, 3.05) is 37.6 Å². The van der Waals surface area contributed by atoms with Crippen LogP contribution in [0, 0.1) is 0 Å². The first kappa shape index (κ1) is 23.5. The number of hydrogen-bond donors (Lipinski definition) is 0. The minimum absolute atomic E-state index is 0.0213. The number of nitrogens with zero attached hydrogens (tertiary/aromatic N) is 3. The van der Waals surface area contributed by atoms with Gasteiger partial charge in [-0.15, -0.1) is 0 Å². The maximum atomic E-state index is 12.7. The molecule has 9 heteroatoms. The molecular weight excluding hydrogens is 443 g/mol. The molecule has 5 nitrogen and oxygen atoms in total. The van der Waals surface area contributed by atoms with Crippen molar-refractivity contribution in [2.45, 2.75) is 69.8 Å². The molecule has 178 valence electrons. The van der Waals surface area contributed by atoms with E-state index in [9.17, 15) is 18.0 Å². The van der Waals surface area contributed by atoms with Crippen LogP contribution >= 0.6 is 11.6 Å². The van der Waals surface area contributed by atoms with Crippen LogP contribution in [0.5, 0.6) is 0 Å². The quantitative estimate of drug-likeness (QED) is 0.582. The van der Waals surface area contributed by atoms with Gasteiger partial charge in [0.2, 0.25) is 0 Å². The molecule has 3 heterocycles. The van der Waals surface area contributed by atoms with E-state index in [2.05, 4.69) is 32.7 Å². The zero-order valence-corrected chi connectivity index (χ0v) is 19.2. The normalized spacial score (nSPS) is 22.5. The van der Waals surface area contributed by atoms with E-state index < -0.39 is 18.4 Å². The highest BCUT2D eigenvalue weighted by molar-refractivity contribution is 6.33. The maximum Gasteiger partial charge on any atom is 0.425 e. The van der Waals surface area contributed by atoms with Gasteiger partial charge in [0.15, 0.2) is 6.10 Å². The molecule has 1 aromatic rings. The monoisotopic (exact) mass is 473 g/mol. The Hall–Kier alpha value is -1.67. The van der Waals surface area contributed by atoms with Crippen LogP contribution in [0.4, 0.5) is 23.7 Å². The summed E-state index contributed by atoms with van der Waals surface area (Å²) < 4.78 is 42.7. The fourth-order valence-electron chi connectivity index (χ4n) is 5.29. The number of amides is 1. The van der Waals surface area contributed by atoms with E-state index in [4.69, 9.17) is 11.6 Å². The average molecular weight is 474 g/mol. The molecule has 0 aliphatic carbocycles. The van der Waals surface area contributed by atoms with Gasteiger partial charge in [0.25, 0.3) is 0 Å². The molecule has 3 aliphatic rings. The van der Waals surface area contributed by atoms with Gasteiger partial charge in [-0.25, -0.2) is 4.79 Å². The summed E-state index contributed by atoms with van der Waals surface area (Å²) in [6.45, 7) is 5.55. The van der Waals surface area contributed by atoms with Gasteiger partial charge in [0.05, 0.1) is 10.7 Å². The highest BCUT2D eigenvalue weighted by Gasteiger charge is 2.45. The van der Waals surface area contributed by atoms with Gasteiger partial charge in [-0.1, -0.05) is 17.7 Å². The molecule has 1 spiro atoms. The van der Waals surface area contributed by atoms with Gasteiger partial charge in [-0.05, 0) is 69.7 Å². The summed E-state index contributed by atoms with van der Waals surface area (Å²) >= 11 is 6.60. The zero-order valence-electron chi connectivity index (χ0n) is 18.5. The lowest BCUT2D eigenvalue weighted by Crippen LogP contribution is -2.53. The van der Waals surface area contributed by atoms with Crippen LogP contribution in [-0.2, 0) is 11.3 Å². The van der Waals surface area contributed by atoms with Gasteiger partial charge in [-0.3, -0.25) is 4.90 Å². The Kier molecular flexibility index (Phi) is 6.82. The Labute approximate surface area is 192 Å². The minimum atomic E-state index is -4.54. The molecule has 1 atom stereocenters. The van der Waals surface area contributed by atoms with E-state index >= 15 is 0 Å². The number of carbonyl (C=O) groups excluding carboxylic acids is 1. The number of benzene rings is 1. The predicted molar refractivity (Wildman–Crippen MR) is 118 cm³/mol. The van der Waals surface area contributed by atoms with Crippen molar-refractivity contribution < 1.29 is 22.7 Å². The standard InChI is InChI=1S/C23H31ClF3N3O2/c1-17(23(25,26)27)32-21(31)29-13-8-22(9-14-29)7-4-12-30(22)16-18-5-6-20(19(24)15-18)28-10-2-3-11-28/h5-6,15,17H,2-4,7-14,16H2,1H3. The Morgan fingerprint density at radius 2 is 1.78 bits per heavy atom. The molecule has 3 aliphatic heterocycles. The van der Waals surface area contributed by atoms with Crippen molar-refractivity contribution in [3.8, 4) is 0 Å². The maximum absolute atomic E-state index is 12.7. The number of rotatable bonds is 4. The zero-order chi connectivity index (χ0) is 22.9. The van der Waals surface area contributed by atoms with Gasteiger partial charge in [0.1, 0.15) is 0 Å². The fourth-order valence-corrected chi connectivity index (χ4v) is 5.61. The van der Waals surface area contributed by atoms with Crippen molar-refractivity contribution >= 4 is 23.4 Å². The molecular formula is C23H31ClF3N3O2. The SMILES string of the molecule is CC(OC(=O)N1CCC2(CCCN2Cc2ccc(N3CCCC3)c(Cl)c2)CC1)C(F)(F)F. The van der Waals surface area contributed by atoms with Crippen molar-refractivity contribution in [3.63, 3.8) is 0 Å². The number of carbonyl (C=O) groups is 1. The number of anilines is 1. The first-order valence-corrected chi connectivity index (χ1v) is 11.9. The lowest BCUT2D eigenvalue weighted by atomic mass is 9.85. The molecule has 0 bridgehead atoms. The third-order valence-corrected chi connectivity index (χ3v) is 7.57. The summed E-state index contributed by atoms with van der Waals surface area (Å²) in [5.74, 6) is 0. The minimum Gasteiger partial charge on any atom is -0.437 e. The average Bonchev–Trinajstić information content (AvgIpc) is 3.39. The van der Waals surface area contributed by atoms with E-state index in [0.717, 1.165) is 69.5 Å². The molecule has 1 amide bonds. The summed E-state index contributed by atoms with van der Waals surface area (Å²) in [5, 5.41) is 0.786. The fraction of sp³-hybridized carbons (Fsp3) is 0.696. The molecule has 32 heavy (non-hydrogen) atoms. The van der Waals surface area contributed by atoms with Crippen LogP contribution in [0.25, 0.3) is 0 Å². The number of alkyl halides is 3. The van der Waals surface area contributed by atoms with Gasteiger partial charge in [-0.2, -0.15) is 13.2 Å². The van der Waals surface area contributed by atoms with E-state index in [0.29, 0.717) is 13.1 Å². The molecule has 0 radical (unpaired) electrons. The number of halogens is 4. The predicted octanol–water partition coefficient (Wildman–Crippen LogP) is 5.46. The van der Waals surface area contributed by atoms with Crippen LogP contribution in [0.2, 0.25) is 5.02 Å². The first-order chi connectivity index (χ1) is 15.2. The summed E-state index contributed by atoms with van der Waals surface area (Å²) in [7, 11) is 0. The highest BCUT2D eigenvalue weighted by Crippen LogP contribution is 2.40.